The molecule has 0 amide bonds. The van der Waals surface area contributed by atoms with Gasteiger partial charge >= 0.3 is 0 Å². The Labute approximate surface area is 81.9 Å². The average Bonchev–Trinajstić information content (AvgIpc) is 2.50. The van der Waals surface area contributed by atoms with Gasteiger partial charge in [-0.1, -0.05) is 13.3 Å². The lowest BCUT2D eigenvalue weighted by molar-refractivity contribution is 0.130. The molecule has 0 aromatic carbocycles. The fourth-order valence-electron chi connectivity index (χ4n) is 2.45. The van der Waals surface area contributed by atoms with Crippen LogP contribution in [0.1, 0.15) is 39.5 Å². The molecule has 1 aliphatic rings. The van der Waals surface area contributed by atoms with Crippen molar-refractivity contribution in [1.29, 1.82) is 0 Å². The summed E-state index contributed by atoms with van der Waals surface area (Å²) in [4.78, 5) is 2.45. The lowest BCUT2D eigenvalue weighted by Crippen LogP contribution is -2.40. The molecule has 2 nitrogen and oxygen atoms in total. The van der Waals surface area contributed by atoms with Crippen LogP contribution in [0.5, 0.6) is 0 Å². The SMILES string of the molecule is C[C@@H]1CCC[C@@H]1N(C)[C@@H](C)CCO. The highest BCUT2D eigenvalue weighted by molar-refractivity contribution is 4.83. The molecule has 0 heterocycles. The summed E-state index contributed by atoms with van der Waals surface area (Å²) in [6, 6.07) is 1.28. The molecule has 1 fully saturated rings. The summed E-state index contributed by atoms with van der Waals surface area (Å²) in [5, 5.41) is 8.87. The first kappa shape index (κ1) is 11.0. The Kier molecular flexibility index (Phi) is 4.20. The van der Waals surface area contributed by atoms with E-state index in [-0.39, 0.29) is 0 Å². The van der Waals surface area contributed by atoms with E-state index < -0.39 is 0 Å². The molecule has 1 aliphatic carbocycles. The Morgan fingerprint density at radius 3 is 2.62 bits per heavy atom. The zero-order valence-electron chi connectivity index (χ0n) is 9.16. The number of rotatable bonds is 4. The standard InChI is InChI=1S/C11H23NO/c1-9-5-4-6-11(9)12(3)10(2)7-8-13/h9-11,13H,4-8H2,1-3H3/t9-,10+,11+/m1/s1. The number of hydrogen-bond acceptors (Lipinski definition) is 2. The molecule has 0 unspecified atom stereocenters. The molecule has 0 aliphatic heterocycles. The molecule has 0 bridgehead atoms. The molecule has 0 saturated heterocycles. The fourth-order valence-corrected chi connectivity index (χ4v) is 2.45. The van der Waals surface area contributed by atoms with Gasteiger partial charge in [0, 0.05) is 18.7 Å². The van der Waals surface area contributed by atoms with Crippen LogP contribution in [0.2, 0.25) is 0 Å². The van der Waals surface area contributed by atoms with Crippen molar-refractivity contribution in [3.8, 4) is 0 Å². The van der Waals surface area contributed by atoms with E-state index in [0.717, 1.165) is 18.4 Å². The smallest absolute Gasteiger partial charge is 0.0445 e. The van der Waals surface area contributed by atoms with Crippen LogP contribution in [-0.4, -0.2) is 35.7 Å². The lowest BCUT2D eigenvalue weighted by Gasteiger charge is -2.33. The van der Waals surface area contributed by atoms with Crippen molar-refractivity contribution in [2.45, 2.75) is 51.6 Å². The van der Waals surface area contributed by atoms with Crippen molar-refractivity contribution in [3.63, 3.8) is 0 Å². The van der Waals surface area contributed by atoms with Gasteiger partial charge in [-0.2, -0.15) is 0 Å². The largest absolute Gasteiger partial charge is 0.396 e. The van der Waals surface area contributed by atoms with E-state index in [2.05, 4.69) is 25.8 Å². The average molecular weight is 185 g/mol. The first-order valence-electron chi connectivity index (χ1n) is 5.49. The van der Waals surface area contributed by atoms with Crippen LogP contribution in [0.3, 0.4) is 0 Å². The monoisotopic (exact) mass is 185 g/mol. The summed E-state index contributed by atoms with van der Waals surface area (Å²) in [5.41, 5.74) is 0. The fraction of sp³-hybridized carbons (Fsp3) is 1.00. The third kappa shape index (κ3) is 2.68. The van der Waals surface area contributed by atoms with Gasteiger partial charge in [0.2, 0.25) is 0 Å². The molecule has 0 aromatic heterocycles. The minimum Gasteiger partial charge on any atom is -0.396 e. The zero-order chi connectivity index (χ0) is 9.84. The predicted octanol–water partition coefficient (Wildman–Crippen LogP) is 1.88. The topological polar surface area (TPSA) is 23.5 Å². The lowest BCUT2D eigenvalue weighted by atomic mass is 10.0. The van der Waals surface area contributed by atoms with E-state index in [1.54, 1.807) is 0 Å². The number of aliphatic hydroxyl groups excluding tert-OH is 1. The third-order valence-electron chi connectivity index (χ3n) is 3.58. The summed E-state index contributed by atoms with van der Waals surface area (Å²) in [5.74, 6) is 0.839. The summed E-state index contributed by atoms with van der Waals surface area (Å²) in [6.45, 7) is 4.87. The molecule has 2 heteroatoms. The molecule has 78 valence electrons. The molecule has 1 saturated carbocycles. The quantitative estimate of drug-likeness (QED) is 0.723. The highest BCUT2D eigenvalue weighted by atomic mass is 16.3. The number of hydrogen-bond donors (Lipinski definition) is 1. The van der Waals surface area contributed by atoms with Crippen molar-refractivity contribution in [2.75, 3.05) is 13.7 Å². The Balaban J connectivity index is 2.40. The second-order valence-electron chi connectivity index (χ2n) is 4.50. The summed E-state index contributed by atoms with van der Waals surface area (Å²) in [7, 11) is 2.20. The molecule has 1 rings (SSSR count). The van der Waals surface area contributed by atoms with E-state index in [9.17, 15) is 0 Å². The van der Waals surface area contributed by atoms with E-state index in [4.69, 9.17) is 5.11 Å². The van der Waals surface area contributed by atoms with Gasteiger partial charge in [0.05, 0.1) is 0 Å². The maximum absolute atomic E-state index is 8.87. The number of nitrogens with zero attached hydrogens (tertiary/aromatic N) is 1. The second-order valence-corrected chi connectivity index (χ2v) is 4.50. The molecular weight excluding hydrogens is 162 g/mol. The first-order valence-corrected chi connectivity index (χ1v) is 5.49. The molecule has 0 aromatic rings. The van der Waals surface area contributed by atoms with Gasteiger partial charge in [0.25, 0.3) is 0 Å². The van der Waals surface area contributed by atoms with Crippen LogP contribution in [0, 0.1) is 5.92 Å². The van der Waals surface area contributed by atoms with Crippen LogP contribution in [0.4, 0.5) is 0 Å². The zero-order valence-corrected chi connectivity index (χ0v) is 9.16. The molecule has 0 radical (unpaired) electrons. The van der Waals surface area contributed by atoms with Crippen LogP contribution in [0.15, 0.2) is 0 Å². The minimum absolute atomic E-state index is 0.312. The summed E-state index contributed by atoms with van der Waals surface area (Å²) < 4.78 is 0. The second kappa shape index (κ2) is 4.97. The van der Waals surface area contributed by atoms with Gasteiger partial charge in [-0.3, -0.25) is 0 Å². The first-order chi connectivity index (χ1) is 6.16. The Hall–Kier alpha value is -0.0800. The highest BCUT2D eigenvalue weighted by Crippen LogP contribution is 2.29. The van der Waals surface area contributed by atoms with Gasteiger partial charge in [-0.05, 0) is 39.2 Å². The van der Waals surface area contributed by atoms with E-state index >= 15 is 0 Å². The van der Waals surface area contributed by atoms with Gasteiger partial charge in [-0.25, -0.2) is 0 Å². The van der Waals surface area contributed by atoms with Gasteiger partial charge in [0.15, 0.2) is 0 Å². The van der Waals surface area contributed by atoms with Crippen LogP contribution in [-0.2, 0) is 0 Å². The minimum atomic E-state index is 0.312. The van der Waals surface area contributed by atoms with Crippen molar-refractivity contribution >= 4 is 0 Å². The summed E-state index contributed by atoms with van der Waals surface area (Å²) >= 11 is 0. The Bertz CT molecular complexity index is 149. The van der Waals surface area contributed by atoms with Gasteiger partial charge in [0.1, 0.15) is 0 Å². The maximum Gasteiger partial charge on any atom is 0.0445 e. The molecule has 13 heavy (non-hydrogen) atoms. The normalized spacial score (nSPS) is 31.2. The third-order valence-corrected chi connectivity index (χ3v) is 3.58. The highest BCUT2D eigenvalue weighted by Gasteiger charge is 2.28. The van der Waals surface area contributed by atoms with E-state index in [1.165, 1.54) is 19.3 Å². The predicted molar refractivity (Wildman–Crippen MR) is 55.7 cm³/mol. The van der Waals surface area contributed by atoms with E-state index in [1.807, 2.05) is 0 Å². The summed E-state index contributed by atoms with van der Waals surface area (Å²) in [6.07, 6.45) is 5.00. The molecule has 0 spiro atoms. The Morgan fingerprint density at radius 2 is 2.15 bits per heavy atom. The molecule has 1 N–H and O–H groups in total. The van der Waals surface area contributed by atoms with Crippen molar-refractivity contribution in [2.24, 2.45) is 5.92 Å². The van der Waals surface area contributed by atoms with Gasteiger partial charge < -0.3 is 10.0 Å². The van der Waals surface area contributed by atoms with Crippen LogP contribution in [0.25, 0.3) is 0 Å². The Morgan fingerprint density at radius 1 is 1.46 bits per heavy atom. The molecular formula is C11H23NO. The maximum atomic E-state index is 8.87. The molecule has 3 atom stereocenters. The van der Waals surface area contributed by atoms with Crippen molar-refractivity contribution in [3.05, 3.63) is 0 Å². The van der Waals surface area contributed by atoms with Crippen LogP contribution >= 0.6 is 0 Å². The van der Waals surface area contributed by atoms with E-state index in [0.29, 0.717) is 12.6 Å². The number of aliphatic hydroxyl groups is 1. The van der Waals surface area contributed by atoms with Crippen molar-refractivity contribution in [1.82, 2.24) is 4.90 Å². The van der Waals surface area contributed by atoms with Crippen LogP contribution < -0.4 is 0 Å². The van der Waals surface area contributed by atoms with Crippen molar-refractivity contribution < 1.29 is 5.11 Å². The van der Waals surface area contributed by atoms with Gasteiger partial charge in [-0.15, -0.1) is 0 Å².